The SMILES string of the molecule is CC(=CC(=O)NCCCn1nc2n(c1=O)CCCC2)c1ccc(F)cc1. The third-order valence-corrected chi connectivity index (χ3v) is 4.52. The van der Waals surface area contributed by atoms with Crippen molar-refractivity contribution >= 4 is 11.5 Å². The number of rotatable bonds is 6. The number of allylic oxidation sites excluding steroid dienone is 1. The van der Waals surface area contributed by atoms with Gasteiger partial charge in [0, 0.05) is 32.1 Å². The van der Waals surface area contributed by atoms with Gasteiger partial charge in [0.15, 0.2) is 0 Å². The number of nitrogens with one attached hydrogen (secondary N) is 1. The largest absolute Gasteiger partial charge is 0.352 e. The van der Waals surface area contributed by atoms with Crippen molar-refractivity contribution in [2.75, 3.05) is 6.54 Å². The predicted octanol–water partition coefficient (Wildman–Crippen LogP) is 2.13. The summed E-state index contributed by atoms with van der Waals surface area (Å²) in [5.41, 5.74) is 1.51. The van der Waals surface area contributed by atoms with E-state index in [-0.39, 0.29) is 17.4 Å². The molecule has 0 fully saturated rings. The molecule has 1 aliphatic rings. The van der Waals surface area contributed by atoms with Crippen molar-refractivity contribution in [3.63, 3.8) is 0 Å². The summed E-state index contributed by atoms with van der Waals surface area (Å²) in [6.07, 6.45) is 5.08. The maximum Gasteiger partial charge on any atom is 0.345 e. The number of carbonyl (C=O) groups is 1. The van der Waals surface area contributed by atoms with Crippen molar-refractivity contribution in [3.05, 3.63) is 58.0 Å². The van der Waals surface area contributed by atoms with Gasteiger partial charge in [-0.3, -0.25) is 9.36 Å². The minimum absolute atomic E-state index is 0.0573. The fourth-order valence-electron chi connectivity index (χ4n) is 3.08. The van der Waals surface area contributed by atoms with Gasteiger partial charge in [-0.25, -0.2) is 13.9 Å². The van der Waals surface area contributed by atoms with Crippen LogP contribution in [0.2, 0.25) is 0 Å². The molecule has 1 N–H and O–H groups in total. The van der Waals surface area contributed by atoms with Crippen molar-refractivity contribution < 1.29 is 9.18 Å². The van der Waals surface area contributed by atoms with E-state index in [0.717, 1.165) is 42.8 Å². The summed E-state index contributed by atoms with van der Waals surface area (Å²) < 4.78 is 16.2. The van der Waals surface area contributed by atoms with Crippen LogP contribution >= 0.6 is 0 Å². The third kappa shape index (κ3) is 4.28. The Hall–Kier alpha value is -2.70. The minimum atomic E-state index is -0.304. The van der Waals surface area contributed by atoms with E-state index in [1.165, 1.54) is 22.9 Å². The zero-order valence-corrected chi connectivity index (χ0v) is 14.9. The summed E-state index contributed by atoms with van der Waals surface area (Å²) in [5.74, 6) is 0.355. The number of hydrogen-bond acceptors (Lipinski definition) is 3. The molecule has 2 heterocycles. The summed E-state index contributed by atoms with van der Waals surface area (Å²) in [6, 6.07) is 6.02. The molecule has 3 rings (SSSR count). The lowest BCUT2D eigenvalue weighted by atomic mass is 10.1. The molecule has 0 saturated heterocycles. The third-order valence-electron chi connectivity index (χ3n) is 4.52. The molecule has 0 bridgehead atoms. The molecule has 0 atom stereocenters. The Labute approximate surface area is 151 Å². The second kappa shape index (κ2) is 8.12. The minimum Gasteiger partial charge on any atom is -0.352 e. The Balaban J connectivity index is 1.48. The molecule has 1 aromatic carbocycles. The summed E-state index contributed by atoms with van der Waals surface area (Å²) in [6.45, 7) is 3.50. The van der Waals surface area contributed by atoms with Crippen LogP contribution in [0.5, 0.6) is 0 Å². The molecule has 0 aliphatic carbocycles. The average molecular weight is 358 g/mol. The lowest BCUT2D eigenvalue weighted by Gasteiger charge is -2.09. The summed E-state index contributed by atoms with van der Waals surface area (Å²) in [4.78, 5) is 24.2. The number of nitrogens with zero attached hydrogens (tertiary/aromatic N) is 3. The van der Waals surface area contributed by atoms with Gasteiger partial charge in [-0.1, -0.05) is 12.1 Å². The van der Waals surface area contributed by atoms with Crippen LogP contribution in [0, 0.1) is 5.82 Å². The van der Waals surface area contributed by atoms with E-state index in [4.69, 9.17) is 0 Å². The highest BCUT2D eigenvalue weighted by Gasteiger charge is 2.16. The summed E-state index contributed by atoms with van der Waals surface area (Å²) in [7, 11) is 0. The van der Waals surface area contributed by atoms with Crippen LogP contribution in [-0.4, -0.2) is 26.8 Å². The molecule has 138 valence electrons. The maximum atomic E-state index is 12.9. The number of halogens is 1. The van der Waals surface area contributed by atoms with Crippen molar-refractivity contribution in [2.24, 2.45) is 0 Å². The van der Waals surface area contributed by atoms with Crippen LogP contribution in [0.4, 0.5) is 4.39 Å². The van der Waals surface area contributed by atoms with E-state index in [9.17, 15) is 14.0 Å². The molecular formula is C19H23FN4O2. The van der Waals surface area contributed by atoms with E-state index >= 15 is 0 Å². The molecule has 7 heteroatoms. The van der Waals surface area contributed by atoms with Crippen molar-refractivity contribution in [2.45, 2.75) is 45.7 Å². The smallest absolute Gasteiger partial charge is 0.345 e. The highest BCUT2D eigenvalue weighted by atomic mass is 19.1. The van der Waals surface area contributed by atoms with Gasteiger partial charge in [-0.05, 0) is 49.5 Å². The van der Waals surface area contributed by atoms with Crippen molar-refractivity contribution in [1.29, 1.82) is 0 Å². The van der Waals surface area contributed by atoms with Crippen molar-refractivity contribution in [3.8, 4) is 0 Å². The van der Waals surface area contributed by atoms with Gasteiger partial charge in [0.2, 0.25) is 5.91 Å². The Kier molecular flexibility index (Phi) is 5.65. The fraction of sp³-hybridized carbons (Fsp3) is 0.421. The Morgan fingerprint density at radius 3 is 2.81 bits per heavy atom. The van der Waals surface area contributed by atoms with E-state index in [1.54, 1.807) is 16.7 Å². The Morgan fingerprint density at radius 1 is 1.31 bits per heavy atom. The van der Waals surface area contributed by atoms with Gasteiger partial charge in [0.25, 0.3) is 0 Å². The van der Waals surface area contributed by atoms with Gasteiger partial charge in [-0.15, -0.1) is 0 Å². The van der Waals surface area contributed by atoms with Gasteiger partial charge in [0.1, 0.15) is 11.6 Å². The summed E-state index contributed by atoms with van der Waals surface area (Å²) in [5, 5.41) is 7.18. The normalized spacial score (nSPS) is 14.2. The van der Waals surface area contributed by atoms with Crippen LogP contribution in [-0.2, 0) is 24.3 Å². The number of aromatic nitrogens is 3. The second-order valence-corrected chi connectivity index (χ2v) is 6.51. The van der Waals surface area contributed by atoms with Gasteiger partial charge in [0.05, 0.1) is 0 Å². The molecule has 26 heavy (non-hydrogen) atoms. The number of aryl methyl sites for hydroxylation is 2. The second-order valence-electron chi connectivity index (χ2n) is 6.51. The zero-order valence-electron chi connectivity index (χ0n) is 14.9. The fourth-order valence-corrected chi connectivity index (χ4v) is 3.08. The van der Waals surface area contributed by atoms with E-state index in [0.29, 0.717) is 19.5 Å². The van der Waals surface area contributed by atoms with Crippen LogP contribution in [0.1, 0.15) is 37.6 Å². The molecule has 0 spiro atoms. The highest BCUT2D eigenvalue weighted by Crippen LogP contribution is 2.13. The first-order valence-electron chi connectivity index (χ1n) is 8.93. The Morgan fingerprint density at radius 2 is 2.08 bits per heavy atom. The lowest BCUT2D eigenvalue weighted by molar-refractivity contribution is -0.116. The molecule has 1 aromatic heterocycles. The average Bonchev–Trinajstić information content (AvgIpc) is 2.95. The lowest BCUT2D eigenvalue weighted by Crippen LogP contribution is -2.29. The first-order chi connectivity index (χ1) is 12.5. The number of benzene rings is 1. The number of hydrogen-bond donors (Lipinski definition) is 1. The molecule has 1 aliphatic heterocycles. The van der Waals surface area contributed by atoms with E-state index in [2.05, 4.69) is 10.4 Å². The standard InChI is InChI=1S/C19H23FN4O2/c1-14(15-6-8-16(20)9-7-15)13-18(25)21-10-4-12-24-19(26)23-11-3-2-5-17(23)22-24/h6-9,13H,2-5,10-12H2,1H3,(H,21,25). The van der Waals surface area contributed by atoms with Crippen LogP contribution in [0.15, 0.2) is 35.1 Å². The number of amides is 1. The quantitative estimate of drug-likeness (QED) is 0.635. The molecule has 0 unspecified atom stereocenters. The van der Waals surface area contributed by atoms with Gasteiger partial charge in [-0.2, -0.15) is 5.10 Å². The van der Waals surface area contributed by atoms with Crippen molar-refractivity contribution in [1.82, 2.24) is 19.7 Å². The first kappa shape index (κ1) is 18.1. The molecular weight excluding hydrogens is 335 g/mol. The molecule has 0 saturated carbocycles. The van der Waals surface area contributed by atoms with Gasteiger partial charge >= 0.3 is 5.69 Å². The Bertz CT molecular complexity index is 865. The van der Waals surface area contributed by atoms with Crippen LogP contribution in [0.25, 0.3) is 5.57 Å². The predicted molar refractivity (Wildman–Crippen MR) is 97.1 cm³/mol. The molecule has 2 aromatic rings. The molecule has 6 nitrogen and oxygen atoms in total. The molecule has 0 radical (unpaired) electrons. The van der Waals surface area contributed by atoms with Crippen LogP contribution < -0.4 is 11.0 Å². The van der Waals surface area contributed by atoms with Gasteiger partial charge < -0.3 is 5.32 Å². The van der Waals surface area contributed by atoms with Crippen LogP contribution in [0.3, 0.4) is 0 Å². The maximum absolute atomic E-state index is 12.9. The first-order valence-corrected chi connectivity index (χ1v) is 8.93. The monoisotopic (exact) mass is 358 g/mol. The highest BCUT2D eigenvalue weighted by molar-refractivity contribution is 5.94. The number of fused-ring (bicyclic) bond motifs is 1. The zero-order chi connectivity index (χ0) is 18.5. The summed E-state index contributed by atoms with van der Waals surface area (Å²) >= 11 is 0. The number of carbonyl (C=O) groups excluding carboxylic acids is 1. The topological polar surface area (TPSA) is 68.9 Å². The van der Waals surface area contributed by atoms with E-state index < -0.39 is 0 Å². The molecule has 1 amide bonds. The van der Waals surface area contributed by atoms with E-state index in [1.807, 2.05) is 6.92 Å².